The predicted molar refractivity (Wildman–Crippen MR) is 53.4 cm³/mol. The zero-order valence-corrected chi connectivity index (χ0v) is 8.04. The maximum absolute atomic E-state index is 10.6. The van der Waals surface area contributed by atoms with Gasteiger partial charge in [0.1, 0.15) is 5.56 Å². The summed E-state index contributed by atoms with van der Waals surface area (Å²) in [5, 5.41) is 21.3. The summed E-state index contributed by atoms with van der Waals surface area (Å²) in [6.07, 6.45) is 1.99. The summed E-state index contributed by atoms with van der Waals surface area (Å²) in [6, 6.07) is 3.83. The Morgan fingerprint density at radius 2 is 1.67 bits per heavy atom. The molecule has 0 aromatic heterocycles. The maximum Gasteiger partial charge on any atom is 0.279 e. The molecule has 0 saturated heterocycles. The maximum atomic E-state index is 10.6. The minimum Gasteiger partial charge on any atom is -0.258 e. The van der Waals surface area contributed by atoms with E-state index in [4.69, 9.17) is 0 Å². The average molecular weight is 209 g/mol. The van der Waals surface area contributed by atoms with Crippen molar-refractivity contribution in [1.29, 1.82) is 0 Å². The summed E-state index contributed by atoms with van der Waals surface area (Å²) in [4.78, 5) is 20.0. The van der Waals surface area contributed by atoms with Crippen LogP contribution in [0.4, 0.5) is 11.4 Å². The van der Waals surface area contributed by atoms with E-state index >= 15 is 0 Å². The number of benzene rings is 1. The third-order valence-corrected chi connectivity index (χ3v) is 1.86. The van der Waals surface area contributed by atoms with E-state index in [2.05, 4.69) is 0 Å². The lowest BCUT2D eigenvalue weighted by Gasteiger charge is -2.01. The van der Waals surface area contributed by atoms with E-state index in [0.717, 1.165) is 0 Å². The molecule has 15 heavy (non-hydrogen) atoms. The summed E-state index contributed by atoms with van der Waals surface area (Å²) < 4.78 is 0. The molecule has 0 aliphatic rings. The van der Waals surface area contributed by atoms with E-state index in [9.17, 15) is 20.2 Å². The van der Waals surface area contributed by atoms with E-state index < -0.39 is 9.85 Å². The highest BCUT2D eigenvalue weighted by Gasteiger charge is 2.23. The largest absolute Gasteiger partial charge is 0.279 e. The quantitative estimate of drug-likeness (QED) is 0.562. The smallest absolute Gasteiger partial charge is 0.258 e. The van der Waals surface area contributed by atoms with Crippen molar-refractivity contribution in [2.75, 3.05) is 0 Å². The van der Waals surface area contributed by atoms with Gasteiger partial charge >= 0.3 is 0 Å². The molecule has 0 unspecified atom stereocenters. The van der Waals surface area contributed by atoms with Gasteiger partial charge in [-0.3, -0.25) is 20.2 Å². The molecule has 1 aromatic rings. The van der Waals surface area contributed by atoms with Crippen LogP contribution in [0, 0.1) is 26.6 Å². The zero-order valence-electron chi connectivity index (χ0n) is 8.04. The highest BCUT2D eigenvalue weighted by Crippen LogP contribution is 2.29. The third kappa shape index (κ3) is 2.28. The molecule has 6 nitrogen and oxygen atoms in total. The standard InChI is InChI=1S/C9H9N2O4/c1-2-4-7-8(10(12)13)5-3-6-9(7)11(14)15/h3-6H,2H2,1H3. The van der Waals surface area contributed by atoms with Crippen molar-refractivity contribution in [2.24, 2.45) is 0 Å². The van der Waals surface area contributed by atoms with E-state index in [0.29, 0.717) is 6.42 Å². The van der Waals surface area contributed by atoms with E-state index in [1.54, 1.807) is 6.92 Å². The van der Waals surface area contributed by atoms with Crippen molar-refractivity contribution in [3.05, 3.63) is 50.4 Å². The number of nitrogens with zero attached hydrogens (tertiary/aromatic N) is 2. The first-order valence-electron chi connectivity index (χ1n) is 4.33. The molecule has 0 bridgehead atoms. The van der Waals surface area contributed by atoms with Gasteiger partial charge in [0.2, 0.25) is 0 Å². The Hall–Kier alpha value is -1.98. The molecule has 1 radical (unpaired) electrons. The van der Waals surface area contributed by atoms with Crippen molar-refractivity contribution < 1.29 is 9.85 Å². The van der Waals surface area contributed by atoms with Crippen LogP contribution < -0.4 is 0 Å². The van der Waals surface area contributed by atoms with Crippen molar-refractivity contribution >= 4 is 11.4 Å². The molecule has 0 saturated carbocycles. The van der Waals surface area contributed by atoms with E-state index in [-0.39, 0.29) is 16.9 Å². The molecule has 1 rings (SSSR count). The second kappa shape index (κ2) is 4.50. The van der Waals surface area contributed by atoms with Crippen LogP contribution >= 0.6 is 0 Å². The monoisotopic (exact) mass is 209 g/mol. The van der Waals surface area contributed by atoms with Gasteiger partial charge in [0.15, 0.2) is 0 Å². The number of hydrogen-bond acceptors (Lipinski definition) is 4. The van der Waals surface area contributed by atoms with E-state index in [1.807, 2.05) is 0 Å². The third-order valence-electron chi connectivity index (χ3n) is 1.86. The lowest BCUT2D eigenvalue weighted by molar-refractivity contribution is -0.395. The summed E-state index contributed by atoms with van der Waals surface area (Å²) in [6.45, 7) is 1.76. The first-order valence-corrected chi connectivity index (χ1v) is 4.33. The minimum atomic E-state index is -0.617. The summed E-state index contributed by atoms with van der Waals surface area (Å²) in [5.74, 6) is 0. The van der Waals surface area contributed by atoms with Gasteiger partial charge in [-0.15, -0.1) is 0 Å². The molecule has 0 aliphatic carbocycles. The van der Waals surface area contributed by atoms with Crippen LogP contribution in [-0.2, 0) is 0 Å². The second-order valence-electron chi connectivity index (χ2n) is 2.84. The number of nitro benzene ring substituents is 2. The van der Waals surface area contributed by atoms with Crippen LogP contribution in [0.3, 0.4) is 0 Å². The number of nitro groups is 2. The minimum absolute atomic E-state index is 0.0787. The number of rotatable bonds is 4. The molecule has 6 heteroatoms. The fourth-order valence-electron chi connectivity index (χ4n) is 1.27. The topological polar surface area (TPSA) is 86.3 Å². The lowest BCUT2D eigenvalue weighted by atomic mass is 10.1. The average Bonchev–Trinajstić information content (AvgIpc) is 2.17. The Kier molecular flexibility index (Phi) is 3.33. The van der Waals surface area contributed by atoms with Gasteiger partial charge < -0.3 is 0 Å². The Labute approximate surface area is 85.8 Å². The Balaban J connectivity index is 3.34. The SMILES string of the molecule is CC[CH]c1c([N+](=O)[O-])cccc1[N+](=O)[O-]. The van der Waals surface area contributed by atoms with Gasteiger partial charge in [-0.05, 0) is 12.5 Å². The van der Waals surface area contributed by atoms with Crippen molar-refractivity contribution in [3.63, 3.8) is 0 Å². The Morgan fingerprint density at radius 3 is 2.00 bits per heavy atom. The molecule has 0 heterocycles. The molecular formula is C9H9N2O4. The summed E-state index contributed by atoms with van der Waals surface area (Å²) >= 11 is 0. The van der Waals surface area contributed by atoms with Crippen LogP contribution in [0.2, 0.25) is 0 Å². The van der Waals surface area contributed by atoms with Gasteiger partial charge in [0.05, 0.1) is 9.85 Å². The summed E-state index contributed by atoms with van der Waals surface area (Å²) in [7, 11) is 0. The Bertz CT molecular complexity index is 371. The van der Waals surface area contributed by atoms with Gasteiger partial charge in [0.25, 0.3) is 11.4 Å². The zero-order chi connectivity index (χ0) is 11.4. The van der Waals surface area contributed by atoms with Crippen LogP contribution in [0.5, 0.6) is 0 Å². The normalized spacial score (nSPS) is 9.93. The molecule has 0 amide bonds. The molecule has 0 spiro atoms. The molecule has 0 atom stereocenters. The van der Waals surface area contributed by atoms with Crippen molar-refractivity contribution in [1.82, 2.24) is 0 Å². The van der Waals surface area contributed by atoms with E-state index in [1.165, 1.54) is 24.6 Å². The summed E-state index contributed by atoms with van der Waals surface area (Å²) in [5.41, 5.74) is -0.382. The molecule has 0 N–H and O–H groups in total. The van der Waals surface area contributed by atoms with Gasteiger partial charge in [-0.1, -0.05) is 6.92 Å². The van der Waals surface area contributed by atoms with Crippen LogP contribution in [0.1, 0.15) is 18.9 Å². The highest BCUT2D eigenvalue weighted by molar-refractivity contribution is 5.57. The first kappa shape index (κ1) is 11.1. The fraction of sp³-hybridized carbons (Fsp3) is 0.222. The van der Waals surface area contributed by atoms with Crippen molar-refractivity contribution in [3.8, 4) is 0 Å². The predicted octanol–water partition coefficient (Wildman–Crippen LogP) is 2.47. The van der Waals surface area contributed by atoms with Crippen LogP contribution in [-0.4, -0.2) is 9.85 Å². The van der Waals surface area contributed by atoms with Crippen LogP contribution in [0.25, 0.3) is 0 Å². The molecule has 0 aliphatic heterocycles. The highest BCUT2D eigenvalue weighted by atomic mass is 16.6. The van der Waals surface area contributed by atoms with Gasteiger partial charge in [-0.2, -0.15) is 0 Å². The molecule has 0 fully saturated rings. The number of hydrogen-bond donors (Lipinski definition) is 0. The molecule has 1 aromatic carbocycles. The lowest BCUT2D eigenvalue weighted by Crippen LogP contribution is -1.99. The molecule has 79 valence electrons. The first-order chi connectivity index (χ1) is 7.07. The van der Waals surface area contributed by atoms with Crippen molar-refractivity contribution in [2.45, 2.75) is 13.3 Å². The fourth-order valence-corrected chi connectivity index (χ4v) is 1.27. The van der Waals surface area contributed by atoms with Gasteiger partial charge in [0, 0.05) is 18.6 Å². The van der Waals surface area contributed by atoms with Crippen LogP contribution in [0.15, 0.2) is 18.2 Å². The Morgan fingerprint density at radius 1 is 1.20 bits per heavy atom. The second-order valence-corrected chi connectivity index (χ2v) is 2.84. The molecular weight excluding hydrogens is 200 g/mol. The van der Waals surface area contributed by atoms with Gasteiger partial charge in [-0.25, -0.2) is 0 Å².